The maximum Gasteiger partial charge on any atom is 0.269 e. The number of nitrogens with zero attached hydrogens (tertiary/aromatic N) is 3. The number of amides is 1. The van der Waals surface area contributed by atoms with Crippen LogP contribution in [-0.4, -0.2) is 42.5 Å². The molecule has 112 valence electrons. The highest BCUT2D eigenvalue weighted by Gasteiger charge is 2.18. The molecule has 2 aromatic rings. The third-order valence-corrected chi connectivity index (χ3v) is 4.68. The Morgan fingerprint density at radius 1 is 1.29 bits per heavy atom. The number of anilines is 1. The van der Waals surface area contributed by atoms with Gasteiger partial charge in [0.05, 0.1) is 16.3 Å². The van der Waals surface area contributed by atoms with Crippen LogP contribution in [0.25, 0.3) is 5.69 Å². The van der Waals surface area contributed by atoms with E-state index in [1.165, 1.54) is 49.2 Å². The summed E-state index contributed by atoms with van der Waals surface area (Å²) in [5.74, 6) is -0.654. The second-order valence-corrected chi connectivity index (χ2v) is 6.67. The molecule has 0 atom stereocenters. The number of hydrogen-bond donors (Lipinski definition) is 2. The molecule has 4 N–H and O–H groups in total. The summed E-state index contributed by atoms with van der Waals surface area (Å²) in [6.45, 7) is 0. The van der Waals surface area contributed by atoms with E-state index in [2.05, 4.69) is 5.10 Å². The number of primary amides is 1. The smallest absolute Gasteiger partial charge is 0.269 e. The summed E-state index contributed by atoms with van der Waals surface area (Å²) < 4.78 is 26.5. The van der Waals surface area contributed by atoms with Gasteiger partial charge in [0.25, 0.3) is 5.91 Å². The molecule has 9 heteroatoms. The normalized spacial score (nSPS) is 11.8. The standard InChI is InChI=1S/C12H15N5O3S/c1-16(2)21(19,20)8-3-4-11(9(13)7-8)17-6-5-10(15-17)12(14)18/h3-7H,13H2,1-2H3,(H2,14,18). The van der Waals surface area contributed by atoms with E-state index in [0.29, 0.717) is 5.69 Å². The molecule has 1 amide bonds. The van der Waals surface area contributed by atoms with Crippen molar-refractivity contribution in [1.29, 1.82) is 0 Å². The highest BCUT2D eigenvalue weighted by molar-refractivity contribution is 7.89. The first kappa shape index (κ1) is 15.0. The van der Waals surface area contributed by atoms with E-state index in [4.69, 9.17) is 11.5 Å². The fourth-order valence-electron chi connectivity index (χ4n) is 1.70. The van der Waals surface area contributed by atoms with Gasteiger partial charge in [-0.25, -0.2) is 17.4 Å². The molecule has 0 aliphatic carbocycles. The van der Waals surface area contributed by atoms with Crippen LogP contribution in [-0.2, 0) is 10.0 Å². The number of nitrogen functional groups attached to an aromatic ring is 1. The van der Waals surface area contributed by atoms with E-state index in [0.717, 1.165) is 4.31 Å². The number of sulfonamides is 1. The Labute approximate surface area is 122 Å². The van der Waals surface area contributed by atoms with Gasteiger partial charge < -0.3 is 11.5 Å². The molecule has 1 heterocycles. The Balaban J connectivity index is 2.47. The molecule has 0 aliphatic rings. The third kappa shape index (κ3) is 2.73. The van der Waals surface area contributed by atoms with Gasteiger partial charge in [0, 0.05) is 20.3 Å². The van der Waals surface area contributed by atoms with Gasteiger partial charge in [-0.1, -0.05) is 0 Å². The molecular weight excluding hydrogens is 294 g/mol. The molecule has 8 nitrogen and oxygen atoms in total. The topological polar surface area (TPSA) is 124 Å². The summed E-state index contributed by atoms with van der Waals surface area (Å²) in [7, 11) is -0.684. The molecule has 21 heavy (non-hydrogen) atoms. The predicted molar refractivity (Wildman–Crippen MR) is 77.4 cm³/mol. The maximum atomic E-state index is 12.0. The van der Waals surface area contributed by atoms with Gasteiger partial charge in [0.2, 0.25) is 10.0 Å². The lowest BCUT2D eigenvalue weighted by Gasteiger charge is -2.13. The molecule has 0 spiro atoms. The minimum Gasteiger partial charge on any atom is -0.397 e. The van der Waals surface area contributed by atoms with Gasteiger partial charge in [-0.05, 0) is 24.3 Å². The van der Waals surface area contributed by atoms with Crippen molar-refractivity contribution in [2.75, 3.05) is 19.8 Å². The fraction of sp³-hybridized carbons (Fsp3) is 0.167. The lowest BCUT2D eigenvalue weighted by molar-refractivity contribution is 0.0995. The average Bonchev–Trinajstić information content (AvgIpc) is 2.87. The van der Waals surface area contributed by atoms with Crippen molar-refractivity contribution >= 4 is 21.6 Å². The Hall–Kier alpha value is -2.39. The van der Waals surface area contributed by atoms with Crippen LogP contribution in [0, 0.1) is 0 Å². The summed E-state index contributed by atoms with van der Waals surface area (Å²) in [6.07, 6.45) is 1.52. The second kappa shape index (κ2) is 5.19. The van der Waals surface area contributed by atoms with Crippen LogP contribution < -0.4 is 11.5 Å². The Bertz CT molecular complexity index is 795. The largest absolute Gasteiger partial charge is 0.397 e. The number of carbonyl (C=O) groups excluding carboxylic acids is 1. The van der Waals surface area contributed by atoms with E-state index in [-0.39, 0.29) is 16.3 Å². The monoisotopic (exact) mass is 309 g/mol. The zero-order valence-corrected chi connectivity index (χ0v) is 12.3. The maximum absolute atomic E-state index is 12.0. The van der Waals surface area contributed by atoms with E-state index >= 15 is 0 Å². The van der Waals surface area contributed by atoms with Crippen molar-refractivity contribution in [2.24, 2.45) is 5.73 Å². The molecule has 0 saturated heterocycles. The fourth-order valence-corrected chi connectivity index (χ4v) is 2.64. The van der Waals surface area contributed by atoms with Crippen molar-refractivity contribution in [1.82, 2.24) is 14.1 Å². The number of aromatic nitrogens is 2. The summed E-state index contributed by atoms with van der Waals surface area (Å²) in [4.78, 5) is 11.1. The molecule has 0 fully saturated rings. The predicted octanol–water partition coefficient (Wildman–Crippen LogP) is -0.196. The molecule has 0 bridgehead atoms. The third-order valence-electron chi connectivity index (χ3n) is 2.87. The zero-order valence-electron chi connectivity index (χ0n) is 11.5. The quantitative estimate of drug-likeness (QED) is 0.757. The Kier molecular flexibility index (Phi) is 3.71. The minimum atomic E-state index is -3.56. The molecule has 0 radical (unpaired) electrons. The SMILES string of the molecule is CN(C)S(=O)(=O)c1ccc(-n2ccc(C(N)=O)n2)c(N)c1. The van der Waals surface area contributed by atoms with Crippen LogP contribution in [0.5, 0.6) is 0 Å². The molecule has 2 rings (SSSR count). The van der Waals surface area contributed by atoms with Crippen LogP contribution in [0.2, 0.25) is 0 Å². The van der Waals surface area contributed by atoms with Crippen LogP contribution in [0.4, 0.5) is 5.69 Å². The lowest BCUT2D eigenvalue weighted by atomic mass is 10.3. The van der Waals surface area contributed by atoms with Crippen molar-refractivity contribution < 1.29 is 13.2 Å². The van der Waals surface area contributed by atoms with E-state index in [1.54, 1.807) is 0 Å². The summed E-state index contributed by atoms with van der Waals surface area (Å²) in [5, 5.41) is 3.97. The number of carbonyl (C=O) groups is 1. The first-order valence-corrected chi connectivity index (χ1v) is 7.35. The van der Waals surface area contributed by atoms with Crippen molar-refractivity contribution in [3.05, 3.63) is 36.2 Å². The van der Waals surface area contributed by atoms with Crippen LogP contribution >= 0.6 is 0 Å². The van der Waals surface area contributed by atoms with Crippen LogP contribution in [0.15, 0.2) is 35.4 Å². The number of rotatable bonds is 4. The van der Waals surface area contributed by atoms with Gasteiger partial charge >= 0.3 is 0 Å². The van der Waals surface area contributed by atoms with Gasteiger partial charge in [-0.2, -0.15) is 5.10 Å². The number of benzene rings is 1. The zero-order chi connectivity index (χ0) is 15.8. The van der Waals surface area contributed by atoms with Crippen LogP contribution in [0.1, 0.15) is 10.5 Å². The molecule has 0 unspecified atom stereocenters. The summed E-state index contributed by atoms with van der Waals surface area (Å²) in [6, 6.07) is 5.73. The molecule has 0 saturated carbocycles. The second-order valence-electron chi connectivity index (χ2n) is 4.52. The van der Waals surface area contributed by atoms with Gasteiger partial charge in [-0.15, -0.1) is 0 Å². The van der Waals surface area contributed by atoms with Crippen molar-refractivity contribution in [2.45, 2.75) is 4.90 Å². The average molecular weight is 309 g/mol. The first-order valence-electron chi connectivity index (χ1n) is 5.91. The Morgan fingerprint density at radius 3 is 2.43 bits per heavy atom. The van der Waals surface area contributed by atoms with E-state index in [9.17, 15) is 13.2 Å². The Morgan fingerprint density at radius 2 is 1.95 bits per heavy atom. The molecule has 1 aromatic carbocycles. The van der Waals surface area contributed by atoms with E-state index < -0.39 is 15.9 Å². The first-order chi connectivity index (χ1) is 9.73. The number of nitrogens with two attached hydrogens (primary N) is 2. The number of hydrogen-bond acceptors (Lipinski definition) is 5. The highest BCUT2D eigenvalue weighted by atomic mass is 32.2. The van der Waals surface area contributed by atoms with Crippen molar-refractivity contribution in [3.63, 3.8) is 0 Å². The minimum absolute atomic E-state index is 0.0797. The molecule has 1 aromatic heterocycles. The lowest BCUT2D eigenvalue weighted by Crippen LogP contribution is -2.22. The van der Waals surface area contributed by atoms with Crippen LogP contribution in [0.3, 0.4) is 0 Å². The summed E-state index contributed by atoms with van der Waals surface area (Å²) in [5.41, 5.74) is 11.8. The van der Waals surface area contributed by atoms with Gasteiger partial charge in [0.15, 0.2) is 0 Å². The summed E-state index contributed by atoms with van der Waals surface area (Å²) >= 11 is 0. The molecule has 0 aliphatic heterocycles. The van der Waals surface area contributed by atoms with E-state index in [1.807, 2.05) is 0 Å². The van der Waals surface area contributed by atoms with Gasteiger partial charge in [0.1, 0.15) is 5.69 Å². The highest BCUT2D eigenvalue weighted by Crippen LogP contribution is 2.22. The molecular formula is C12H15N5O3S. The van der Waals surface area contributed by atoms with Gasteiger partial charge in [-0.3, -0.25) is 4.79 Å². The van der Waals surface area contributed by atoms with Crippen molar-refractivity contribution in [3.8, 4) is 5.69 Å².